The highest BCUT2D eigenvalue weighted by atomic mass is 16.6. The molecular weight excluding hydrogens is 412 g/mol. The lowest BCUT2D eigenvalue weighted by atomic mass is 9.71. The SMILES string of the molecule is C[C@@H](c1cccc2c(-c3ccc(=O)[nH]c3)c(C(=O)O)[nH]c12)N1CC2(CC(CN)C2)OC1=O. The number of pyridine rings is 1. The number of hydrogen-bond acceptors (Lipinski definition) is 5. The fraction of sp³-hybridized carbons (Fsp3) is 0.348. The van der Waals surface area contributed by atoms with E-state index in [0.29, 0.717) is 41.0 Å². The number of nitrogens with zero attached hydrogens (tertiary/aromatic N) is 1. The van der Waals surface area contributed by atoms with E-state index in [2.05, 4.69) is 9.97 Å². The van der Waals surface area contributed by atoms with Crippen LogP contribution in [0.1, 0.15) is 41.9 Å². The number of carbonyl (C=O) groups excluding carboxylic acids is 1. The molecule has 2 aliphatic rings. The van der Waals surface area contributed by atoms with E-state index in [-0.39, 0.29) is 23.4 Å². The molecule has 0 bridgehead atoms. The molecule has 5 rings (SSSR count). The molecule has 1 saturated heterocycles. The molecule has 1 atom stereocenters. The highest BCUT2D eigenvalue weighted by molar-refractivity contribution is 6.08. The smallest absolute Gasteiger partial charge is 0.411 e. The van der Waals surface area contributed by atoms with Crippen LogP contribution < -0.4 is 11.3 Å². The summed E-state index contributed by atoms with van der Waals surface area (Å²) in [5.41, 5.74) is 7.54. The normalized spacial score (nSPS) is 23.4. The number of rotatable bonds is 5. The molecule has 1 aromatic carbocycles. The van der Waals surface area contributed by atoms with Crippen LogP contribution >= 0.6 is 0 Å². The first-order valence-electron chi connectivity index (χ1n) is 10.6. The number of ether oxygens (including phenoxy) is 1. The van der Waals surface area contributed by atoms with Crippen LogP contribution in [0.4, 0.5) is 4.79 Å². The Hall–Kier alpha value is -3.59. The largest absolute Gasteiger partial charge is 0.477 e. The predicted octanol–water partition coefficient (Wildman–Crippen LogP) is 2.84. The minimum atomic E-state index is -1.11. The third-order valence-corrected chi connectivity index (χ3v) is 6.72. The molecule has 3 aromatic rings. The zero-order valence-electron chi connectivity index (χ0n) is 17.6. The number of aromatic nitrogens is 2. The highest BCUT2D eigenvalue weighted by Gasteiger charge is 2.54. The number of nitrogens with one attached hydrogen (secondary N) is 2. The molecule has 5 N–H and O–H groups in total. The van der Waals surface area contributed by atoms with Crippen molar-refractivity contribution in [2.24, 2.45) is 11.7 Å². The maximum Gasteiger partial charge on any atom is 0.411 e. The minimum absolute atomic E-state index is 0.0250. The van der Waals surface area contributed by atoms with Crippen LogP contribution in [0.3, 0.4) is 0 Å². The van der Waals surface area contributed by atoms with Crippen molar-refractivity contribution >= 4 is 23.0 Å². The van der Waals surface area contributed by atoms with Gasteiger partial charge in [-0.1, -0.05) is 18.2 Å². The topological polar surface area (TPSA) is 142 Å². The van der Waals surface area contributed by atoms with Gasteiger partial charge >= 0.3 is 12.1 Å². The van der Waals surface area contributed by atoms with Crippen molar-refractivity contribution in [1.82, 2.24) is 14.9 Å². The summed E-state index contributed by atoms with van der Waals surface area (Å²) in [6.45, 7) is 2.98. The van der Waals surface area contributed by atoms with Gasteiger partial charge in [0.2, 0.25) is 5.56 Å². The summed E-state index contributed by atoms with van der Waals surface area (Å²) < 4.78 is 5.73. The van der Waals surface area contributed by atoms with Crippen LogP contribution in [0, 0.1) is 5.92 Å². The fourth-order valence-corrected chi connectivity index (χ4v) is 5.10. The first-order valence-corrected chi connectivity index (χ1v) is 10.6. The molecular formula is C23H24N4O5. The molecule has 1 spiro atoms. The Bertz CT molecular complexity index is 1270. The molecule has 32 heavy (non-hydrogen) atoms. The Labute approximate surface area is 183 Å². The van der Waals surface area contributed by atoms with E-state index < -0.39 is 11.6 Å². The van der Waals surface area contributed by atoms with E-state index in [1.165, 1.54) is 12.3 Å². The molecule has 0 unspecified atom stereocenters. The third-order valence-electron chi connectivity index (χ3n) is 6.72. The van der Waals surface area contributed by atoms with Gasteiger partial charge in [0.25, 0.3) is 0 Å². The third kappa shape index (κ3) is 3.08. The van der Waals surface area contributed by atoms with Gasteiger partial charge in [0.1, 0.15) is 11.3 Å². The van der Waals surface area contributed by atoms with Gasteiger partial charge in [0.15, 0.2) is 0 Å². The van der Waals surface area contributed by atoms with Crippen molar-refractivity contribution in [1.29, 1.82) is 0 Å². The van der Waals surface area contributed by atoms with Gasteiger partial charge in [-0.05, 0) is 43.9 Å². The summed E-state index contributed by atoms with van der Waals surface area (Å²) in [6, 6.07) is 8.18. The number of aromatic carboxylic acids is 1. The zero-order chi connectivity index (χ0) is 22.6. The lowest BCUT2D eigenvalue weighted by molar-refractivity contribution is -0.0439. The Morgan fingerprint density at radius 2 is 2.09 bits per heavy atom. The molecule has 2 aromatic heterocycles. The zero-order valence-corrected chi connectivity index (χ0v) is 17.6. The molecule has 0 radical (unpaired) electrons. The average Bonchev–Trinajstić information content (AvgIpc) is 3.31. The van der Waals surface area contributed by atoms with Gasteiger partial charge in [-0.25, -0.2) is 9.59 Å². The van der Waals surface area contributed by atoms with E-state index in [1.807, 2.05) is 25.1 Å². The van der Waals surface area contributed by atoms with E-state index in [1.54, 1.807) is 11.0 Å². The number of nitrogens with two attached hydrogens (primary N) is 1. The van der Waals surface area contributed by atoms with Crippen LogP contribution in [0.25, 0.3) is 22.0 Å². The number of fused-ring (bicyclic) bond motifs is 1. The Kier molecular flexibility index (Phi) is 4.59. The van der Waals surface area contributed by atoms with Crippen LogP contribution in [0.2, 0.25) is 0 Å². The molecule has 1 aliphatic heterocycles. The van der Waals surface area contributed by atoms with Crippen LogP contribution in [-0.2, 0) is 4.74 Å². The summed E-state index contributed by atoms with van der Waals surface area (Å²) in [5.74, 6) is -0.731. The quantitative estimate of drug-likeness (QED) is 0.485. The number of carbonyl (C=O) groups is 2. The van der Waals surface area contributed by atoms with Crippen molar-refractivity contribution in [3.63, 3.8) is 0 Å². The number of H-pyrrole nitrogens is 2. The average molecular weight is 436 g/mol. The molecule has 1 aliphatic carbocycles. The van der Waals surface area contributed by atoms with E-state index in [0.717, 1.165) is 18.4 Å². The van der Waals surface area contributed by atoms with Gasteiger partial charge in [-0.15, -0.1) is 0 Å². The Morgan fingerprint density at radius 1 is 1.31 bits per heavy atom. The minimum Gasteiger partial charge on any atom is -0.477 e. The number of carboxylic acid groups (broad SMARTS) is 1. The first-order chi connectivity index (χ1) is 15.3. The van der Waals surface area contributed by atoms with Crippen molar-refractivity contribution in [2.45, 2.75) is 31.4 Å². The lowest BCUT2D eigenvalue weighted by Gasteiger charge is -2.42. The maximum absolute atomic E-state index is 12.7. The summed E-state index contributed by atoms with van der Waals surface area (Å²) in [6.07, 6.45) is 2.67. The number of para-hydroxylation sites is 1. The van der Waals surface area contributed by atoms with Gasteiger partial charge in [-0.3, -0.25) is 9.69 Å². The second-order valence-electron chi connectivity index (χ2n) is 8.76. The van der Waals surface area contributed by atoms with Crippen LogP contribution in [-0.4, -0.2) is 50.7 Å². The Morgan fingerprint density at radius 3 is 2.75 bits per heavy atom. The number of amides is 1. The molecule has 3 heterocycles. The first kappa shape index (κ1) is 20.3. The number of aromatic amines is 2. The van der Waals surface area contributed by atoms with Gasteiger partial charge in [-0.2, -0.15) is 0 Å². The van der Waals surface area contributed by atoms with E-state index >= 15 is 0 Å². The fourth-order valence-electron chi connectivity index (χ4n) is 5.10. The van der Waals surface area contributed by atoms with E-state index in [9.17, 15) is 19.5 Å². The standard InChI is InChI=1S/C23H24N4O5/c1-12(27-11-23(32-22(27)31)7-13(8-23)9-24)15-3-2-4-16-18(14-5-6-17(28)25-10-14)20(21(29)30)26-19(15)16/h2-6,10,12-13,26H,7-9,11,24H2,1H3,(H,25,28)(H,29,30)/t12-,13?,23?/m0/s1. The van der Waals surface area contributed by atoms with Crippen molar-refractivity contribution in [3.05, 3.63) is 58.1 Å². The molecule has 2 fully saturated rings. The number of benzene rings is 1. The number of carboxylic acids is 1. The van der Waals surface area contributed by atoms with Gasteiger partial charge in [0.05, 0.1) is 18.1 Å². The second kappa shape index (κ2) is 7.23. The second-order valence-corrected chi connectivity index (χ2v) is 8.76. The molecule has 166 valence electrons. The van der Waals surface area contributed by atoms with Crippen LogP contribution in [0.5, 0.6) is 0 Å². The van der Waals surface area contributed by atoms with E-state index in [4.69, 9.17) is 10.5 Å². The summed E-state index contributed by atoms with van der Waals surface area (Å²) in [4.78, 5) is 43.5. The summed E-state index contributed by atoms with van der Waals surface area (Å²) >= 11 is 0. The molecule has 1 saturated carbocycles. The molecule has 9 nitrogen and oxygen atoms in total. The molecule has 1 amide bonds. The summed E-state index contributed by atoms with van der Waals surface area (Å²) in [5, 5.41) is 10.5. The lowest BCUT2D eigenvalue weighted by Crippen LogP contribution is -2.49. The number of hydrogen-bond donors (Lipinski definition) is 4. The van der Waals surface area contributed by atoms with Gasteiger partial charge in [0, 0.05) is 28.8 Å². The van der Waals surface area contributed by atoms with Crippen LogP contribution in [0.15, 0.2) is 41.3 Å². The van der Waals surface area contributed by atoms with Crippen molar-refractivity contribution < 1.29 is 19.4 Å². The van der Waals surface area contributed by atoms with Gasteiger partial charge < -0.3 is 25.5 Å². The maximum atomic E-state index is 12.7. The molecule has 9 heteroatoms. The van der Waals surface area contributed by atoms with Crippen molar-refractivity contribution in [2.75, 3.05) is 13.1 Å². The monoisotopic (exact) mass is 436 g/mol. The highest BCUT2D eigenvalue weighted by Crippen LogP contribution is 2.47. The summed E-state index contributed by atoms with van der Waals surface area (Å²) in [7, 11) is 0. The Balaban J connectivity index is 1.56. The van der Waals surface area contributed by atoms with Crippen molar-refractivity contribution in [3.8, 4) is 11.1 Å². The predicted molar refractivity (Wildman–Crippen MR) is 117 cm³/mol.